The van der Waals surface area contributed by atoms with Gasteiger partial charge in [-0.2, -0.15) is 0 Å². The van der Waals surface area contributed by atoms with Gasteiger partial charge in [0.2, 0.25) is 0 Å². The van der Waals surface area contributed by atoms with Crippen molar-refractivity contribution in [3.05, 3.63) is 135 Å². The summed E-state index contributed by atoms with van der Waals surface area (Å²) in [7, 11) is -4.29. The normalized spacial score (nSPS) is 22.9. The first kappa shape index (κ1) is 39.5. The third kappa shape index (κ3) is 7.19. The van der Waals surface area contributed by atoms with E-state index in [1.807, 2.05) is 60.7 Å². The Balaban J connectivity index is 1.62. The highest BCUT2D eigenvalue weighted by atomic mass is 32.2. The number of hydrogen-bond donors (Lipinski definition) is 1. The van der Waals surface area contributed by atoms with Crippen LogP contribution in [0.2, 0.25) is 22.2 Å². The van der Waals surface area contributed by atoms with Crippen LogP contribution in [0.25, 0.3) is 0 Å². The zero-order valence-electron chi connectivity index (χ0n) is 32.3. The minimum atomic E-state index is -3.11. The Morgan fingerprint density at radius 3 is 1.77 bits per heavy atom. The molecule has 0 unspecified atom stereocenters. The first-order chi connectivity index (χ1) is 25.3. The molecule has 2 aliphatic rings. The van der Waals surface area contributed by atoms with Crippen molar-refractivity contribution in [2.75, 3.05) is 13.7 Å². The van der Waals surface area contributed by atoms with Gasteiger partial charge in [-0.25, -0.2) is 4.79 Å². The molecule has 4 atom stereocenters. The molecule has 284 valence electrons. The number of nitrogens with one attached hydrogen (secondary N) is 1. The van der Waals surface area contributed by atoms with Crippen molar-refractivity contribution in [3.63, 3.8) is 0 Å². The van der Waals surface area contributed by atoms with E-state index < -0.39 is 51.6 Å². The third-order valence-corrected chi connectivity index (χ3v) is 22.7. The number of aromatic amines is 1. The topological polar surface area (TPSA) is 101 Å². The summed E-state index contributed by atoms with van der Waals surface area (Å²) < 4.78 is 37.5. The highest BCUT2D eigenvalue weighted by molar-refractivity contribution is 8.00. The second-order valence-electron chi connectivity index (χ2n) is 15.4. The van der Waals surface area contributed by atoms with Gasteiger partial charge in [-0.05, 0) is 51.0 Å². The average Bonchev–Trinajstić information content (AvgIpc) is 3.45. The highest BCUT2D eigenvalue weighted by Gasteiger charge is 2.63. The molecule has 2 fully saturated rings. The van der Waals surface area contributed by atoms with Crippen LogP contribution in [-0.2, 0) is 23.3 Å². The number of nitrogens with zero attached hydrogens (tertiary/aromatic N) is 1. The van der Waals surface area contributed by atoms with Gasteiger partial charge in [-0.3, -0.25) is 14.3 Å². The summed E-state index contributed by atoms with van der Waals surface area (Å²) in [6, 6.07) is 29.7. The van der Waals surface area contributed by atoms with E-state index in [0.717, 1.165) is 22.4 Å². The summed E-state index contributed by atoms with van der Waals surface area (Å²) in [4.78, 5) is 28.6. The van der Waals surface area contributed by atoms with E-state index in [1.54, 1.807) is 29.6 Å². The van der Waals surface area contributed by atoms with E-state index in [9.17, 15) is 9.59 Å². The van der Waals surface area contributed by atoms with Gasteiger partial charge < -0.3 is 22.4 Å². The summed E-state index contributed by atoms with van der Waals surface area (Å²) in [5.41, 5.74) is 1.14. The molecule has 3 aromatic carbocycles. The summed E-state index contributed by atoms with van der Waals surface area (Å²) in [6.07, 6.45) is 0.333. The lowest BCUT2D eigenvalue weighted by Crippen LogP contribution is -2.66. The molecule has 1 N–H and O–H groups in total. The van der Waals surface area contributed by atoms with E-state index in [2.05, 4.69) is 84.6 Å². The minimum Gasteiger partial charge on any atom is -0.497 e. The molecule has 9 nitrogen and oxygen atoms in total. The van der Waals surface area contributed by atoms with E-state index in [-0.39, 0.29) is 27.4 Å². The maximum Gasteiger partial charge on any atom is 0.335 e. The number of methoxy groups -OCH3 is 1. The lowest BCUT2D eigenvalue weighted by atomic mass is 9.79. The van der Waals surface area contributed by atoms with Crippen molar-refractivity contribution >= 4 is 28.9 Å². The second kappa shape index (κ2) is 15.9. The molecule has 53 heavy (non-hydrogen) atoms. The number of thioether (sulfide) groups is 1. The molecule has 0 bridgehead atoms. The highest BCUT2D eigenvalue weighted by Crippen LogP contribution is 2.55. The number of rotatable bonds is 11. The largest absolute Gasteiger partial charge is 0.497 e. The summed E-state index contributed by atoms with van der Waals surface area (Å²) >= 11 is 1.61. The van der Waals surface area contributed by atoms with Gasteiger partial charge >= 0.3 is 22.8 Å². The lowest BCUT2D eigenvalue weighted by molar-refractivity contribution is -0.109. The Hall–Kier alpha value is -3.24. The molecule has 6 rings (SSSR count). The minimum absolute atomic E-state index is 0.0873. The molecule has 12 heteroatoms. The van der Waals surface area contributed by atoms with Crippen LogP contribution in [-0.4, -0.2) is 57.8 Å². The Bertz CT molecular complexity index is 1880. The van der Waals surface area contributed by atoms with E-state index in [4.69, 9.17) is 22.4 Å². The van der Waals surface area contributed by atoms with Gasteiger partial charge in [0.25, 0.3) is 5.56 Å². The van der Waals surface area contributed by atoms with Gasteiger partial charge in [0.05, 0.1) is 25.1 Å². The Labute approximate surface area is 319 Å². The van der Waals surface area contributed by atoms with E-state index in [1.165, 1.54) is 6.07 Å². The standard InChI is InChI=1S/C41H54N2O7SSi2/c1-27(2)52(28(3)4)47-26-35-37(49-53(50-52,29(5)6)30(7)8)38(39(51-35)43-25-24-36(44)42-40(43)45)48-41(31-16-12-10-13-17-31,32-18-14-11-15-19-32)33-20-22-34(46-9)23-21-33/h10-25,27-30,35,37-39H,26H2,1-9H3,(H,42,44,45)/t35-,37-,38-,39-/m1/s1. The van der Waals surface area contributed by atoms with Gasteiger partial charge in [-0.15, -0.1) is 11.8 Å². The number of ether oxygens (including phenoxy) is 2. The van der Waals surface area contributed by atoms with Crippen LogP contribution in [0.3, 0.4) is 0 Å². The zero-order valence-corrected chi connectivity index (χ0v) is 35.1. The fourth-order valence-corrected chi connectivity index (χ4v) is 21.2. The molecule has 0 saturated carbocycles. The SMILES string of the molecule is COc1ccc(C(O[C@@H]2[C@@H]3O[Si](C(C)C)(C(C)C)O[Si](C(C)C)(C(C)C)OC[C@H]3S[C@H]2n2ccc(=O)[nH]c2=O)(c2ccccc2)c2ccccc2)cc1. The zero-order chi connectivity index (χ0) is 38.1. The summed E-state index contributed by atoms with van der Waals surface area (Å²) in [5.74, 6) is 0.725. The lowest BCUT2D eigenvalue weighted by Gasteiger charge is -2.52. The van der Waals surface area contributed by atoms with Crippen molar-refractivity contribution in [1.29, 1.82) is 0 Å². The summed E-state index contributed by atoms with van der Waals surface area (Å²) in [6.45, 7) is 18.1. The number of aromatic nitrogens is 2. The molecule has 2 saturated heterocycles. The first-order valence-corrected chi connectivity index (χ1v) is 23.6. The maximum absolute atomic E-state index is 13.7. The van der Waals surface area contributed by atoms with Crippen LogP contribution in [0.1, 0.15) is 77.5 Å². The molecule has 0 aliphatic carbocycles. The fraction of sp³-hybridized carbons (Fsp3) is 0.463. The molecule has 3 heterocycles. The van der Waals surface area contributed by atoms with Crippen LogP contribution in [0, 0.1) is 0 Å². The van der Waals surface area contributed by atoms with Crippen molar-refractivity contribution in [2.24, 2.45) is 0 Å². The third-order valence-electron chi connectivity index (χ3n) is 10.9. The van der Waals surface area contributed by atoms with Crippen LogP contribution in [0.5, 0.6) is 5.75 Å². The van der Waals surface area contributed by atoms with E-state index in [0.29, 0.717) is 6.61 Å². The molecule has 0 spiro atoms. The second-order valence-corrected chi connectivity index (χ2v) is 25.6. The van der Waals surface area contributed by atoms with Crippen molar-refractivity contribution in [3.8, 4) is 5.75 Å². The van der Waals surface area contributed by atoms with Gasteiger partial charge in [-0.1, -0.05) is 128 Å². The number of H-pyrrole nitrogens is 1. The molecule has 1 aromatic heterocycles. The molecule has 2 aliphatic heterocycles. The molecular weight excluding hydrogens is 721 g/mol. The number of hydrogen-bond acceptors (Lipinski definition) is 8. The van der Waals surface area contributed by atoms with Crippen LogP contribution in [0.15, 0.2) is 107 Å². The first-order valence-electron chi connectivity index (χ1n) is 18.7. The average molecular weight is 775 g/mol. The number of fused-ring (bicyclic) bond motifs is 1. The fourth-order valence-electron chi connectivity index (χ4n) is 8.18. The predicted molar refractivity (Wildman–Crippen MR) is 216 cm³/mol. The smallest absolute Gasteiger partial charge is 0.335 e. The summed E-state index contributed by atoms with van der Waals surface area (Å²) in [5, 5.41) is -0.789. The predicted octanol–water partition coefficient (Wildman–Crippen LogP) is 8.49. The number of benzene rings is 3. The van der Waals surface area contributed by atoms with Crippen LogP contribution < -0.4 is 16.0 Å². The monoisotopic (exact) mass is 774 g/mol. The van der Waals surface area contributed by atoms with Crippen molar-refractivity contribution in [1.82, 2.24) is 9.55 Å². The van der Waals surface area contributed by atoms with Crippen molar-refractivity contribution < 1.29 is 22.4 Å². The Morgan fingerprint density at radius 2 is 1.28 bits per heavy atom. The van der Waals surface area contributed by atoms with E-state index >= 15 is 0 Å². The van der Waals surface area contributed by atoms with Gasteiger partial charge in [0.1, 0.15) is 22.8 Å². The Morgan fingerprint density at radius 1 is 0.755 bits per heavy atom. The molecule has 0 amide bonds. The Kier molecular flexibility index (Phi) is 11.8. The van der Waals surface area contributed by atoms with Gasteiger partial charge in [0.15, 0.2) is 0 Å². The molecule has 4 aromatic rings. The quantitative estimate of drug-likeness (QED) is 0.120. The van der Waals surface area contributed by atoms with Crippen LogP contribution >= 0.6 is 11.8 Å². The van der Waals surface area contributed by atoms with Gasteiger partial charge in [0, 0.05) is 12.3 Å². The molecular formula is C41H54N2O7SSi2. The van der Waals surface area contributed by atoms with Crippen molar-refractivity contribution in [2.45, 2.75) is 106 Å². The van der Waals surface area contributed by atoms with Crippen LogP contribution in [0.4, 0.5) is 0 Å². The maximum atomic E-state index is 13.7. The molecule has 0 radical (unpaired) electrons.